The molecule has 1 heterocycles. The summed E-state index contributed by atoms with van der Waals surface area (Å²) in [7, 11) is 0. The first-order chi connectivity index (χ1) is 16.0. The van der Waals surface area contributed by atoms with Crippen LogP contribution in [0.5, 0.6) is 11.5 Å². The van der Waals surface area contributed by atoms with Crippen LogP contribution < -0.4 is 14.4 Å². The van der Waals surface area contributed by atoms with Gasteiger partial charge in [-0.25, -0.2) is 4.79 Å². The van der Waals surface area contributed by atoms with Crippen LogP contribution in [0.2, 0.25) is 0 Å². The van der Waals surface area contributed by atoms with Crippen LogP contribution in [0.1, 0.15) is 18.1 Å². The molecule has 0 aromatic heterocycles. The average Bonchev–Trinajstić information content (AvgIpc) is 2.85. The van der Waals surface area contributed by atoms with Gasteiger partial charge in [0.1, 0.15) is 0 Å². The second-order valence-electron chi connectivity index (χ2n) is 7.73. The Balaban J connectivity index is 1.55. The molecule has 1 aliphatic heterocycles. The molecule has 7 heteroatoms. The van der Waals surface area contributed by atoms with Crippen LogP contribution in [0.25, 0.3) is 0 Å². The highest BCUT2D eigenvalue weighted by Gasteiger charge is 2.32. The molecule has 170 valence electrons. The second kappa shape index (κ2) is 10.0. The van der Waals surface area contributed by atoms with Gasteiger partial charge in [-0.15, -0.1) is 11.8 Å². The Morgan fingerprint density at radius 2 is 1.67 bits per heavy atom. The van der Waals surface area contributed by atoms with Crippen LogP contribution in [-0.4, -0.2) is 42.5 Å². The van der Waals surface area contributed by atoms with E-state index in [0.29, 0.717) is 29.5 Å². The molecule has 6 nitrogen and oxygen atoms in total. The smallest absolute Gasteiger partial charge is 0.341 e. The SMILES string of the molecule is CC(SCCN1C(=O)COc2c(OCC(=O)O)cccc21)(c1ccccc1)c1ccccc1. The predicted molar refractivity (Wildman–Crippen MR) is 129 cm³/mol. The number of para-hydroxylation sites is 1. The molecular formula is C26H25NO5S. The van der Waals surface area contributed by atoms with Crippen LogP contribution >= 0.6 is 11.8 Å². The number of carboxylic acid groups (broad SMARTS) is 1. The molecule has 0 radical (unpaired) electrons. The molecule has 0 aliphatic carbocycles. The molecule has 3 aromatic rings. The molecule has 0 spiro atoms. The topological polar surface area (TPSA) is 76.1 Å². The van der Waals surface area contributed by atoms with Crippen LogP contribution in [-0.2, 0) is 14.3 Å². The molecule has 0 saturated heterocycles. The minimum Gasteiger partial charge on any atom is -0.479 e. The standard InChI is InChI=1S/C26H25NO5S/c1-26(19-9-4-2-5-10-19,20-11-6-3-7-12-20)33-16-15-27-21-13-8-14-22(31-18-24(29)30)25(21)32-17-23(27)28/h2-14H,15-18H2,1H3,(H,29,30). The lowest BCUT2D eigenvalue weighted by molar-refractivity contribution is -0.139. The number of hydrogen-bond acceptors (Lipinski definition) is 5. The second-order valence-corrected chi connectivity index (χ2v) is 9.25. The Labute approximate surface area is 197 Å². The van der Waals surface area contributed by atoms with Crippen molar-refractivity contribution in [2.75, 3.05) is 30.4 Å². The number of fused-ring (bicyclic) bond motifs is 1. The lowest BCUT2D eigenvalue weighted by Gasteiger charge is -2.33. The molecule has 0 fully saturated rings. The Morgan fingerprint density at radius 1 is 1.03 bits per heavy atom. The number of benzene rings is 3. The third kappa shape index (κ3) is 4.98. The number of thioether (sulfide) groups is 1. The maximum atomic E-state index is 12.7. The number of hydrogen-bond donors (Lipinski definition) is 1. The number of carbonyl (C=O) groups excluding carboxylic acids is 1. The lowest BCUT2D eigenvalue weighted by Crippen LogP contribution is -2.40. The molecule has 1 N–H and O–H groups in total. The number of aliphatic carboxylic acids is 1. The van der Waals surface area contributed by atoms with Crippen molar-refractivity contribution < 1.29 is 24.2 Å². The van der Waals surface area contributed by atoms with Crippen LogP contribution in [0, 0.1) is 0 Å². The van der Waals surface area contributed by atoms with Crippen molar-refractivity contribution in [1.29, 1.82) is 0 Å². The quantitative estimate of drug-likeness (QED) is 0.501. The van der Waals surface area contributed by atoms with Crippen LogP contribution in [0.4, 0.5) is 5.69 Å². The largest absolute Gasteiger partial charge is 0.479 e. The van der Waals surface area contributed by atoms with E-state index in [9.17, 15) is 9.59 Å². The van der Waals surface area contributed by atoms with Crippen molar-refractivity contribution in [3.05, 3.63) is 90.0 Å². The van der Waals surface area contributed by atoms with Gasteiger partial charge >= 0.3 is 5.97 Å². The van der Waals surface area contributed by atoms with Crippen molar-refractivity contribution in [3.63, 3.8) is 0 Å². The van der Waals surface area contributed by atoms with E-state index in [4.69, 9.17) is 14.6 Å². The van der Waals surface area contributed by atoms with E-state index >= 15 is 0 Å². The molecule has 33 heavy (non-hydrogen) atoms. The van der Waals surface area contributed by atoms with Gasteiger partial charge in [-0.05, 0) is 30.2 Å². The molecule has 1 aliphatic rings. The van der Waals surface area contributed by atoms with Gasteiger partial charge in [0.15, 0.2) is 24.7 Å². The van der Waals surface area contributed by atoms with Crippen molar-refractivity contribution in [2.24, 2.45) is 0 Å². The zero-order chi connectivity index (χ0) is 23.3. The van der Waals surface area contributed by atoms with E-state index in [1.807, 2.05) is 36.4 Å². The molecule has 0 atom stereocenters. The Kier molecular flexibility index (Phi) is 6.89. The average molecular weight is 464 g/mol. The summed E-state index contributed by atoms with van der Waals surface area (Å²) >= 11 is 1.78. The zero-order valence-electron chi connectivity index (χ0n) is 18.3. The Morgan fingerprint density at radius 3 is 2.27 bits per heavy atom. The van der Waals surface area contributed by atoms with Crippen molar-refractivity contribution in [1.82, 2.24) is 0 Å². The molecule has 0 unspecified atom stereocenters. The number of ether oxygens (including phenoxy) is 2. The van der Waals surface area contributed by atoms with Gasteiger partial charge in [0.2, 0.25) is 0 Å². The molecule has 3 aromatic carbocycles. The number of carbonyl (C=O) groups is 2. The summed E-state index contributed by atoms with van der Waals surface area (Å²) in [5.41, 5.74) is 2.98. The van der Waals surface area contributed by atoms with Crippen LogP contribution in [0.3, 0.4) is 0 Å². The first-order valence-electron chi connectivity index (χ1n) is 10.6. The third-order valence-electron chi connectivity index (χ3n) is 5.60. The van der Waals surface area contributed by atoms with Crippen LogP contribution in [0.15, 0.2) is 78.9 Å². The Bertz CT molecular complexity index is 1080. The highest BCUT2D eigenvalue weighted by atomic mass is 32.2. The van der Waals surface area contributed by atoms with E-state index in [0.717, 1.165) is 0 Å². The highest BCUT2D eigenvalue weighted by molar-refractivity contribution is 8.00. The summed E-state index contributed by atoms with van der Waals surface area (Å²) in [5, 5.41) is 8.92. The minimum atomic E-state index is -1.08. The number of amides is 1. The molecule has 0 bridgehead atoms. The van der Waals surface area contributed by atoms with Gasteiger partial charge in [-0.2, -0.15) is 0 Å². The maximum absolute atomic E-state index is 12.7. The minimum absolute atomic E-state index is 0.111. The number of rotatable bonds is 9. The van der Waals surface area contributed by atoms with Crippen molar-refractivity contribution in [3.8, 4) is 11.5 Å². The maximum Gasteiger partial charge on any atom is 0.341 e. The molecule has 4 rings (SSSR count). The fourth-order valence-corrected chi connectivity index (χ4v) is 5.18. The first kappa shape index (κ1) is 22.7. The third-order valence-corrected chi connectivity index (χ3v) is 7.03. The Hall–Kier alpha value is -3.45. The van der Waals surface area contributed by atoms with Crippen molar-refractivity contribution in [2.45, 2.75) is 11.7 Å². The summed E-state index contributed by atoms with van der Waals surface area (Å²) < 4.78 is 10.7. The lowest BCUT2D eigenvalue weighted by atomic mass is 9.92. The summed E-state index contributed by atoms with van der Waals surface area (Å²) in [4.78, 5) is 25.3. The number of nitrogens with zero attached hydrogens (tertiary/aromatic N) is 1. The van der Waals surface area contributed by atoms with Gasteiger partial charge in [0.05, 0.1) is 10.4 Å². The highest BCUT2D eigenvalue weighted by Crippen LogP contribution is 2.44. The van der Waals surface area contributed by atoms with Gasteiger partial charge < -0.3 is 19.5 Å². The molecule has 0 saturated carbocycles. The molecular weight excluding hydrogens is 438 g/mol. The van der Waals surface area contributed by atoms with Gasteiger partial charge in [-0.3, -0.25) is 4.79 Å². The number of carboxylic acids is 1. The van der Waals surface area contributed by atoms with E-state index in [2.05, 4.69) is 31.2 Å². The molecule has 1 amide bonds. The summed E-state index contributed by atoms with van der Waals surface area (Å²) in [6.07, 6.45) is 0. The summed E-state index contributed by atoms with van der Waals surface area (Å²) in [6, 6.07) is 25.8. The van der Waals surface area contributed by atoms with Gasteiger partial charge in [-0.1, -0.05) is 66.7 Å². The normalized spacial score (nSPS) is 13.2. The fourth-order valence-electron chi connectivity index (χ4n) is 3.89. The van der Waals surface area contributed by atoms with Gasteiger partial charge in [0.25, 0.3) is 5.91 Å². The monoisotopic (exact) mass is 463 g/mol. The zero-order valence-corrected chi connectivity index (χ0v) is 19.1. The summed E-state index contributed by atoms with van der Waals surface area (Å²) in [6.45, 7) is 2.10. The van der Waals surface area contributed by atoms with E-state index in [-0.39, 0.29) is 17.3 Å². The number of anilines is 1. The van der Waals surface area contributed by atoms with Crippen molar-refractivity contribution >= 4 is 29.3 Å². The summed E-state index contributed by atoms with van der Waals surface area (Å²) in [5.74, 6) is 0.190. The first-order valence-corrected chi connectivity index (χ1v) is 11.6. The predicted octanol–water partition coefficient (Wildman–Crippen LogP) is 4.57. The fraction of sp³-hybridized carbons (Fsp3) is 0.231. The van der Waals surface area contributed by atoms with E-state index in [1.165, 1.54) is 11.1 Å². The van der Waals surface area contributed by atoms with E-state index < -0.39 is 12.6 Å². The van der Waals surface area contributed by atoms with Gasteiger partial charge in [0, 0.05) is 12.3 Å². The van der Waals surface area contributed by atoms with E-state index in [1.54, 1.807) is 34.9 Å².